The fourth-order valence-corrected chi connectivity index (χ4v) is 1.12. The van der Waals surface area contributed by atoms with Gasteiger partial charge in [0.05, 0.1) is 0 Å². The maximum absolute atomic E-state index is 12.2. The molecule has 2 nitrogen and oxygen atoms in total. The Morgan fingerprint density at radius 2 is 1.92 bits per heavy atom. The number of hydrogen-bond donors (Lipinski definition) is 2. The summed E-state index contributed by atoms with van der Waals surface area (Å²) >= 11 is 0. The molecule has 0 aromatic heterocycles. The minimum Gasteiger partial charge on any atom is -0.330 e. The topological polar surface area (TPSA) is 38.0 Å². The van der Waals surface area contributed by atoms with E-state index in [4.69, 9.17) is 5.73 Å². The van der Waals surface area contributed by atoms with Crippen LogP contribution in [0.5, 0.6) is 0 Å². The number of nitrogens with two attached hydrogens (primary N) is 1. The third-order valence-corrected chi connectivity index (χ3v) is 2.14. The van der Waals surface area contributed by atoms with Gasteiger partial charge in [0.1, 0.15) is 5.54 Å². The molecule has 0 aromatic rings. The van der Waals surface area contributed by atoms with Gasteiger partial charge in [0, 0.05) is 0 Å². The molecule has 1 rings (SSSR count). The van der Waals surface area contributed by atoms with Crippen LogP contribution in [0.1, 0.15) is 19.3 Å². The Morgan fingerprint density at radius 3 is 2.25 bits per heavy atom. The van der Waals surface area contributed by atoms with E-state index in [0.29, 0.717) is 19.5 Å². The van der Waals surface area contributed by atoms with E-state index >= 15 is 0 Å². The molecule has 12 heavy (non-hydrogen) atoms. The molecule has 1 saturated carbocycles. The predicted octanol–water partition coefficient (Wildman–Crippen LogP) is 1.02. The predicted molar refractivity (Wildman–Crippen MR) is 39.7 cm³/mol. The van der Waals surface area contributed by atoms with Crippen molar-refractivity contribution >= 4 is 0 Å². The fourth-order valence-electron chi connectivity index (χ4n) is 1.12. The van der Waals surface area contributed by atoms with Gasteiger partial charge in [-0.05, 0) is 32.4 Å². The molecule has 0 aliphatic heterocycles. The van der Waals surface area contributed by atoms with Crippen LogP contribution in [-0.2, 0) is 0 Å². The second-order valence-corrected chi connectivity index (χ2v) is 3.15. The normalized spacial score (nSPS) is 21.0. The quantitative estimate of drug-likeness (QED) is 0.637. The monoisotopic (exact) mass is 182 g/mol. The second kappa shape index (κ2) is 3.22. The molecule has 0 spiro atoms. The lowest BCUT2D eigenvalue weighted by molar-refractivity contribution is -0.165. The lowest BCUT2D eigenvalue weighted by Crippen LogP contribution is -2.45. The van der Waals surface area contributed by atoms with Crippen molar-refractivity contribution in [1.82, 2.24) is 5.32 Å². The maximum Gasteiger partial charge on any atom is 0.406 e. The van der Waals surface area contributed by atoms with E-state index < -0.39 is 11.7 Å². The molecular weight excluding hydrogens is 169 g/mol. The van der Waals surface area contributed by atoms with E-state index in [1.165, 1.54) is 0 Å². The number of halogens is 3. The highest BCUT2D eigenvalue weighted by atomic mass is 19.4. The molecule has 0 aromatic carbocycles. The SMILES string of the molecule is NCCCNC1(C(F)(F)F)CC1. The Bertz CT molecular complexity index is 151. The van der Waals surface area contributed by atoms with Crippen LogP contribution in [0.3, 0.4) is 0 Å². The lowest BCUT2D eigenvalue weighted by atomic mass is 10.2. The van der Waals surface area contributed by atoms with Gasteiger partial charge in [0.2, 0.25) is 0 Å². The summed E-state index contributed by atoms with van der Waals surface area (Å²) < 4.78 is 36.7. The first-order valence-corrected chi connectivity index (χ1v) is 4.04. The summed E-state index contributed by atoms with van der Waals surface area (Å²) in [5.74, 6) is 0. The van der Waals surface area contributed by atoms with Crippen LogP contribution in [0.15, 0.2) is 0 Å². The molecule has 1 fully saturated rings. The summed E-state index contributed by atoms with van der Waals surface area (Å²) in [6.07, 6.45) is -3.08. The molecule has 0 radical (unpaired) electrons. The van der Waals surface area contributed by atoms with E-state index in [9.17, 15) is 13.2 Å². The Balaban J connectivity index is 2.30. The zero-order valence-electron chi connectivity index (χ0n) is 6.75. The maximum atomic E-state index is 12.2. The molecule has 0 bridgehead atoms. The minimum atomic E-state index is -4.10. The Morgan fingerprint density at radius 1 is 1.33 bits per heavy atom. The Kier molecular flexibility index (Phi) is 2.63. The fraction of sp³-hybridized carbons (Fsp3) is 1.00. The van der Waals surface area contributed by atoms with Crippen LogP contribution < -0.4 is 11.1 Å². The van der Waals surface area contributed by atoms with Gasteiger partial charge in [-0.2, -0.15) is 13.2 Å². The number of nitrogens with one attached hydrogen (secondary N) is 1. The van der Waals surface area contributed by atoms with Crippen molar-refractivity contribution in [2.24, 2.45) is 5.73 Å². The molecule has 1 aliphatic rings. The van der Waals surface area contributed by atoms with E-state index in [1.807, 2.05) is 0 Å². The standard InChI is InChI=1S/C7H13F3N2/c8-7(9,10)6(2-3-6)12-5-1-4-11/h12H,1-5,11H2. The largest absolute Gasteiger partial charge is 0.406 e. The lowest BCUT2D eigenvalue weighted by Gasteiger charge is -2.20. The number of alkyl halides is 3. The molecule has 0 amide bonds. The van der Waals surface area contributed by atoms with Gasteiger partial charge in [-0.25, -0.2) is 0 Å². The average molecular weight is 182 g/mol. The first-order valence-electron chi connectivity index (χ1n) is 4.04. The summed E-state index contributed by atoms with van der Waals surface area (Å²) in [7, 11) is 0. The van der Waals surface area contributed by atoms with Gasteiger partial charge in [0.15, 0.2) is 0 Å². The van der Waals surface area contributed by atoms with Gasteiger partial charge < -0.3 is 11.1 Å². The van der Waals surface area contributed by atoms with Gasteiger partial charge in [-0.15, -0.1) is 0 Å². The van der Waals surface area contributed by atoms with Crippen molar-refractivity contribution in [3.63, 3.8) is 0 Å². The second-order valence-electron chi connectivity index (χ2n) is 3.15. The molecule has 72 valence electrons. The van der Waals surface area contributed by atoms with Gasteiger partial charge in [-0.1, -0.05) is 0 Å². The Hall–Kier alpha value is -0.290. The highest BCUT2D eigenvalue weighted by Gasteiger charge is 2.62. The van der Waals surface area contributed by atoms with Crippen LogP contribution in [0.25, 0.3) is 0 Å². The van der Waals surface area contributed by atoms with Crippen molar-refractivity contribution in [2.45, 2.75) is 31.0 Å². The highest BCUT2D eigenvalue weighted by molar-refractivity contribution is 5.07. The smallest absolute Gasteiger partial charge is 0.330 e. The molecule has 3 N–H and O–H groups in total. The third kappa shape index (κ3) is 1.90. The van der Waals surface area contributed by atoms with Crippen LogP contribution in [0.2, 0.25) is 0 Å². The highest BCUT2D eigenvalue weighted by Crippen LogP contribution is 2.48. The first kappa shape index (κ1) is 9.80. The van der Waals surface area contributed by atoms with Gasteiger partial charge in [0.25, 0.3) is 0 Å². The molecule has 0 atom stereocenters. The summed E-state index contributed by atoms with van der Waals surface area (Å²) in [5, 5.41) is 2.51. The third-order valence-electron chi connectivity index (χ3n) is 2.14. The van der Waals surface area contributed by atoms with E-state index in [2.05, 4.69) is 5.32 Å². The van der Waals surface area contributed by atoms with Gasteiger partial charge in [-0.3, -0.25) is 0 Å². The summed E-state index contributed by atoms with van der Waals surface area (Å²) in [6, 6.07) is 0. The van der Waals surface area contributed by atoms with Crippen LogP contribution in [0, 0.1) is 0 Å². The van der Waals surface area contributed by atoms with Crippen LogP contribution in [0.4, 0.5) is 13.2 Å². The van der Waals surface area contributed by atoms with Crippen molar-refractivity contribution in [3.8, 4) is 0 Å². The molecule has 5 heteroatoms. The van der Waals surface area contributed by atoms with E-state index in [-0.39, 0.29) is 12.8 Å². The van der Waals surface area contributed by atoms with Gasteiger partial charge >= 0.3 is 6.18 Å². The number of rotatable bonds is 4. The van der Waals surface area contributed by atoms with Crippen molar-refractivity contribution in [3.05, 3.63) is 0 Å². The number of hydrogen-bond acceptors (Lipinski definition) is 2. The van der Waals surface area contributed by atoms with Crippen LogP contribution in [-0.4, -0.2) is 24.8 Å². The van der Waals surface area contributed by atoms with E-state index in [0.717, 1.165) is 0 Å². The van der Waals surface area contributed by atoms with Crippen LogP contribution >= 0.6 is 0 Å². The Labute approximate surface area is 69.3 Å². The average Bonchev–Trinajstić information content (AvgIpc) is 2.67. The minimum absolute atomic E-state index is 0.209. The molecule has 0 unspecified atom stereocenters. The summed E-state index contributed by atoms with van der Waals surface area (Å²) in [6.45, 7) is 0.789. The van der Waals surface area contributed by atoms with Crippen molar-refractivity contribution in [1.29, 1.82) is 0 Å². The molecule has 0 saturated heterocycles. The molecule has 0 heterocycles. The van der Waals surface area contributed by atoms with E-state index in [1.54, 1.807) is 0 Å². The summed E-state index contributed by atoms with van der Waals surface area (Å²) in [5.41, 5.74) is 3.60. The molecule has 1 aliphatic carbocycles. The van der Waals surface area contributed by atoms with Crippen molar-refractivity contribution < 1.29 is 13.2 Å². The first-order chi connectivity index (χ1) is 5.52. The zero-order valence-corrected chi connectivity index (χ0v) is 6.75. The molecular formula is C7H13F3N2. The summed E-state index contributed by atoms with van der Waals surface area (Å²) in [4.78, 5) is 0. The van der Waals surface area contributed by atoms with Crippen molar-refractivity contribution in [2.75, 3.05) is 13.1 Å². The zero-order chi connectivity index (χ0) is 9.24.